The van der Waals surface area contributed by atoms with Crippen molar-refractivity contribution in [3.05, 3.63) is 63.6 Å². The van der Waals surface area contributed by atoms with Gasteiger partial charge in [-0.15, -0.1) is 0 Å². The number of oxazole rings is 1. The highest BCUT2D eigenvalue weighted by molar-refractivity contribution is 5.91. The molecule has 2 aromatic carbocycles. The largest absolute Gasteiger partial charge is 0.436 e. The van der Waals surface area contributed by atoms with Crippen LogP contribution in [-0.4, -0.2) is 112 Å². The number of hydrogen-bond acceptors (Lipinski definition) is 8. The molecule has 3 fully saturated rings. The molecule has 5 heterocycles. The molecule has 4 aliphatic rings. The number of rotatable bonds is 7. The monoisotopic (exact) mass is 672 g/mol. The number of carbonyl (C=O) groups is 4. The number of amides is 4. The topological polar surface area (TPSA) is 148 Å². The van der Waals surface area contributed by atoms with Gasteiger partial charge in [0.05, 0.1) is 11.6 Å². The minimum atomic E-state index is -1.08. The first-order valence-corrected chi connectivity index (χ1v) is 17.5. The Labute approximate surface area is 284 Å². The zero-order valence-electron chi connectivity index (χ0n) is 27.9. The number of hydrogen-bond donors (Lipinski definition) is 2. The molecular weight excluding hydrogens is 628 g/mol. The fraction of sp³-hybridized carbons (Fsp3) is 0.528. The summed E-state index contributed by atoms with van der Waals surface area (Å²) < 4.78 is 11.3. The number of aromatic amines is 1. The maximum absolute atomic E-state index is 14.1. The Kier molecular flexibility index (Phi) is 9.44. The van der Waals surface area contributed by atoms with Gasteiger partial charge in [-0.25, -0.2) is 14.4 Å². The molecule has 1 aromatic heterocycles. The lowest BCUT2D eigenvalue weighted by Crippen LogP contribution is -2.53. The summed E-state index contributed by atoms with van der Waals surface area (Å²) in [5.41, 5.74) is 4.42. The third-order valence-electron chi connectivity index (χ3n) is 10.8. The molecule has 49 heavy (non-hydrogen) atoms. The summed E-state index contributed by atoms with van der Waals surface area (Å²) in [5, 5.41) is 3.03. The Morgan fingerprint density at radius 2 is 1.69 bits per heavy atom. The Bertz CT molecular complexity index is 1770. The fourth-order valence-corrected chi connectivity index (χ4v) is 8.14. The number of H-pyrrole nitrogens is 1. The summed E-state index contributed by atoms with van der Waals surface area (Å²) in [6.07, 6.45) is 4.87. The summed E-state index contributed by atoms with van der Waals surface area (Å²) in [4.78, 5) is 74.5. The smallest absolute Gasteiger partial charge is 0.417 e. The van der Waals surface area contributed by atoms with Gasteiger partial charge in [0.15, 0.2) is 11.7 Å². The molecule has 2 N–H and O–H groups in total. The standard InChI is InChI=1S/C36H44N6O7/c1-23-19-24(20-30-32(23)38-35(46)48-30)21-31(33(44)39-14-9-26(10-15-39)41-13-4-6-28(41)22-43)49-36(47)40-16-11-27(12-17-40)42-18-8-25-5-2-3-7-29(25)37-34(42)45/h2-3,5,7,19-20,22,26-28,31H,4,6,8-18,21H2,1H3,(H,37,45)(H,38,46)/t28-,31-/m1/s1. The first kappa shape index (κ1) is 32.9. The highest BCUT2D eigenvalue weighted by Gasteiger charge is 2.38. The quantitative estimate of drug-likeness (QED) is 0.361. The van der Waals surface area contributed by atoms with Crippen LogP contribution in [0.25, 0.3) is 11.1 Å². The number of piperidine rings is 2. The lowest BCUT2D eigenvalue weighted by molar-refractivity contribution is -0.142. The number of aromatic nitrogens is 1. The van der Waals surface area contributed by atoms with Gasteiger partial charge >= 0.3 is 17.9 Å². The first-order valence-electron chi connectivity index (χ1n) is 17.5. The van der Waals surface area contributed by atoms with E-state index in [1.54, 1.807) is 15.9 Å². The number of nitrogens with one attached hydrogen (secondary N) is 2. The maximum Gasteiger partial charge on any atom is 0.417 e. The van der Waals surface area contributed by atoms with Gasteiger partial charge in [0.2, 0.25) is 0 Å². The molecule has 260 valence electrons. The predicted molar refractivity (Wildman–Crippen MR) is 181 cm³/mol. The fourth-order valence-electron chi connectivity index (χ4n) is 8.14. The van der Waals surface area contributed by atoms with E-state index in [4.69, 9.17) is 9.15 Å². The van der Waals surface area contributed by atoms with Crippen molar-refractivity contribution in [1.29, 1.82) is 0 Å². The van der Waals surface area contributed by atoms with Crippen LogP contribution in [0.15, 0.2) is 45.6 Å². The van der Waals surface area contributed by atoms with Crippen molar-refractivity contribution in [2.45, 2.75) is 82.5 Å². The van der Waals surface area contributed by atoms with E-state index in [1.807, 2.05) is 42.2 Å². The maximum atomic E-state index is 14.1. The van der Waals surface area contributed by atoms with Crippen molar-refractivity contribution >= 4 is 41.1 Å². The van der Waals surface area contributed by atoms with E-state index in [0.29, 0.717) is 62.2 Å². The van der Waals surface area contributed by atoms with Gasteiger partial charge in [-0.2, -0.15) is 0 Å². The molecule has 3 saturated heterocycles. The van der Waals surface area contributed by atoms with Crippen LogP contribution in [-0.2, 0) is 27.2 Å². The van der Waals surface area contributed by atoms with Gasteiger partial charge < -0.3 is 34.0 Å². The van der Waals surface area contributed by atoms with E-state index in [9.17, 15) is 24.0 Å². The van der Waals surface area contributed by atoms with Crippen molar-refractivity contribution in [2.24, 2.45) is 0 Å². The molecule has 0 saturated carbocycles. The Hall–Kier alpha value is -4.65. The molecule has 0 bridgehead atoms. The average molecular weight is 673 g/mol. The van der Waals surface area contributed by atoms with Crippen LogP contribution < -0.4 is 11.1 Å². The molecule has 4 amide bonds. The van der Waals surface area contributed by atoms with E-state index >= 15 is 0 Å². The van der Waals surface area contributed by atoms with Crippen molar-refractivity contribution in [2.75, 3.05) is 44.6 Å². The number of carbonyl (C=O) groups excluding carboxylic acids is 4. The molecule has 2 atom stereocenters. The van der Waals surface area contributed by atoms with Crippen LogP contribution in [0.3, 0.4) is 0 Å². The summed E-state index contributed by atoms with van der Waals surface area (Å²) >= 11 is 0. The molecule has 0 unspecified atom stereocenters. The van der Waals surface area contributed by atoms with Crippen molar-refractivity contribution in [1.82, 2.24) is 24.6 Å². The van der Waals surface area contributed by atoms with Gasteiger partial charge in [-0.05, 0) is 87.2 Å². The molecule has 13 heteroatoms. The van der Waals surface area contributed by atoms with Crippen LogP contribution in [0.5, 0.6) is 0 Å². The highest BCUT2D eigenvalue weighted by atomic mass is 16.6. The minimum absolute atomic E-state index is 0.0165. The molecule has 13 nitrogen and oxygen atoms in total. The van der Waals surface area contributed by atoms with Crippen LogP contribution in [0.2, 0.25) is 0 Å². The second-order valence-corrected chi connectivity index (χ2v) is 13.8. The molecule has 0 spiro atoms. The van der Waals surface area contributed by atoms with Crippen molar-refractivity contribution in [3.8, 4) is 0 Å². The van der Waals surface area contributed by atoms with Gasteiger partial charge in [0, 0.05) is 56.9 Å². The van der Waals surface area contributed by atoms with Crippen molar-refractivity contribution in [3.63, 3.8) is 0 Å². The van der Waals surface area contributed by atoms with Crippen LogP contribution in [0.1, 0.15) is 55.2 Å². The molecule has 0 radical (unpaired) electrons. The van der Waals surface area contributed by atoms with E-state index in [1.165, 1.54) is 0 Å². The molecule has 4 aliphatic heterocycles. The zero-order valence-corrected chi connectivity index (χ0v) is 27.9. The molecule has 3 aromatic rings. The third kappa shape index (κ3) is 6.94. The number of anilines is 1. The van der Waals surface area contributed by atoms with Gasteiger partial charge in [-0.3, -0.25) is 14.7 Å². The molecule has 7 rings (SSSR count). The summed E-state index contributed by atoms with van der Waals surface area (Å²) in [6.45, 7) is 5.17. The molecule has 0 aliphatic carbocycles. The zero-order chi connectivity index (χ0) is 34.1. The Morgan fingerprint density at radius 1 is 0.959 bits per heavy atom. The lowest BCUT2D eigenvalue weighted by Gasteiger charge is -2.40. The number of aldehydes is 1. The van der Waals surface area contributed by atoms with E-state index < -0.39 is 18.0 Å². The Balaban J connectivity index is 1.02. The number of aryl methyl sites for hydroxylation is 1. The van der Waals surface area contributed by atoms with Crippen LogP contribution >= 0.6 is 0 Å². The second-order valence-electron chi connectivity index (χ2n) is 13.8. The minimum Gasteiger partial charge on any atom is -0.436 e. The summed E-state index contributed by atoms with van der Waals surface area (Å²) in [5.74, 6) is -0.818. The van der Waals surface area contributed by atoms with Crippen LogP contribution in [0.4, 0.5) is 15.3 Å². The number of para-hydroxylation sites is 1. The predicted octanol–water partition coefficient (Wildman–Crippen LogP) is 3.69. The number of fused-ring (bicyclic) bond motifs is 2. The van der Waals surface area contributed by atoms with E-state index in [2.05, 4.69) is 15.2 Å². The number of urea groups is 1. The number of nitrogens with zero attached hydrogens (tertiary/aromatic N) is 4. The van der Waals surface area contributed by atoms with E-state index in [0.717, 1.165) is 61.7 Å². The lowest BCUT2D eigenvalue weighted by atomic mass is 9.99. The number of likely N-dealkylation sites (tertiary alicyclic amines) is 3. The van der Waals surface area contributed by atoms with Gasteiger partial charge in [0.1, 0.15) is 6.29 Å². The highest BCUT2D eigenvalue weighted by Crippen LogP contribution is 2.28. The van der Waals surface area contributed by atoms with Gasteiger partial charge in [-0.1, -0.05) is 24.3 Å². The van der Waals surface area contributed by atoms with Crippen molar-refractivity contribution < 1.29 is 28.3 Å². The average Bonchev–Trinajstić information content (AvgIpc) is 3.70. The first-order chi connectivity index (χ1) is 23.8. The molecular formula is C36H44N6O7. The normalized spacial score (nSPS) is 21.7. The van der Waals surface area contributed by atoms with Crippen LogP contribution in [0, 0.1) is 6.92 Å². The second kappa shape index (κ2) is 14.1. The third-order valence-corrected chi connectivity index (χ3v) is 10.8. The van der Waals surface area contributed by atoms with Gasteiger partial charge in [0.25, 0.3) is 5.91 Å². The Morgan fingerprint density at radius 3 is 2.47 bits per heavy atom. The summed E-state index contributed by atoms with van der Waals surface area (Å²) in [7, 11) is 0. The van der Waals surface area contributed by atoms with E-state index in [-0.39, 0.29) is 36.5 Å². The SMILES string of the molecule is Cc1cc(C[C@@H](OC(=O)N2CCC(N3CCc4ccccc4NC3=O)CC2)C(=O)N2CCC(N3CCC[C@@H]3C=O)CC2)cc2oc(=O)[nH]c12. The number of ether oxygens (including phenoxy) is 1. The number of benzene rings is 2. The summed E-state index contributed by atoms with van der Waals surface area (Å²) in [6, 6.07) is 11.5.